The molecule has 0 aliphatic rings. The average molecular weight is 285 g/mol. The quantitative estimate of drug-likeness (QED) is 0.747. The van der Waals surface area contributed by atoms with Gasteiger partial charge in [-0.15, -0.1) is 0 Å². The molecule has 3 N–H and O–H groups in total. The Kier molecular flexibility index (Phi) is 5.78. The van der Waals surface area contributed by atoms with E-state index in [0.717, 1.165) is 5.56 Å². The van der Waals surface area contributed by atoms with Crippen molar-refractivity contribution >= 4 is 15.9 Å². The third-order valence-corrected chi connectivity index (χ3v) is 4.30. The van der Waals surface area contributed by atoms with Crippen molar-refractivity contribution in [1.29, 1.82) is 0 Å². The number of nitrogens with zero attached hydrogens (tertiary/aromatic N) is 1. The van der Waals surface area contributed by atoms with Crippen LogP contribution in [0.25, 0.3) is 0 Å². The van der Waals surface area contributed by atoms with Gasteiger partial charge in [-0.3, -0.25) is 0 Å². The van der Waals surface area contributed by atoms with Gasteiger partial charge in [0.25, 0.3) is 10.2 Å². The van der Waals surface area contributed by atoms with Gasteiger partial charge in [0.1, 0.15) is 0 Å². The van der Waals surface area contributed by atoms with Gasteiger partial charge < -0.3 is 5.73 Å². The third kappa shape index (κ3) is 5.18. The SMILES string of the molecule is CCN(Cc1ccc(N)cc1)S(=O)(=O)NCC(C)C. The lowest BCUT2D eigenvalue weighted by Crippen LogP contribution is -2.41. The van der Waals surface area contributed by atoms with Crippen LogP contribution in [0.15, 0.2) is 24.3 Å². The number of hydrogen-bond acceptors (Lipinski definition) is 3. The largest absolute Gasteiger partial charge is 0.399 e. The molecule has 1 aromatic carbocycles. The van der Waals surface area contributed by atoms with Crippen LogP contribution in [0.1, 0.15) is 26.3 Å². The van der Waals surface area contributed by atoms with E-state index < -0.39 is 10.2 Å². The summed E-state index contributed by atoms with van der Waals surface area (Å²) >= 11 is 0. The summed E-state index contributed by atoms with van der Waals surface area (Å²) in [5, 5.41) is 0. The van der Waals surface area contributed by atoms with Crippen molar-refractivity contribution in [3.05, 3.63) is 29.8 Å². The number of hydrogen-bond donors (Lipinski definition) is 2. The Morgan fingerprint density at radius 2 is 1.84 bits per heavy atom. The zero-order chi connectivity index (χ0) is 14.5. The average Bonchev–Trinajstić information content (AvgIpc) is 2.35. The molecule has 0 atom stereocenters. The number of nitrogens with one attached hydrogen (secondary N) is 1. The van der Waals surface area contributed by atoms with Gasteiger partial charge in [0.05, 0.1) is 0 Å². The Morgan fingerprint density at radius 1 is 1.26 bits per heavy atom. The summed E-state index contributed by atoms with van der Waals surface area (Å²) in [7, 11) is -3.42. The van der Waals surface area contributed by atoms with Crippen molar-refractivity contribution in [2.45, 2.75) is 27.3 Å². The zero-order valence-electron chi connectivity index (χ0n) is 11.8. The van der Waals surface area contributed by atoms with Crippen LogP contribution in [-0.2, 0) is 16.8 Å². The molecule has 6 heteroatoms. The summed E-state index contributed by atoms with van der Waals surface area (Å²) in [6.07, 6.45) is 0. The predicted molar refractivity (Wildman–Crippen MR) is 78.7 cm³/mol. The fraction of sp³-hybridized carbons (Fsp3) is 0.538. The number of rotatable bonds is 7. The molecule has 5 nitrogen and oxygen atoms in total. The molecule has 0 aliphatic carbocycles. The van der Waals surface area contributed by atoms with Crippen LogP contribution in [0.5, 0.6) is 0 Å². The molecule has 19 heavy (non-hydrogen) atoms. The highest BCUT2D eigenvalue weighted by Gasteiger charge is 2.20. The van der Waals surface area contributed by atoms with E-state index in [-0.39, 0.29) is 5.92 Å². The van der Waals surface area contributed by atoms with Crippen molar-refractivity contribution in [1.82, 2.24) is 9.03 Å². The molecule has 0 heterocycles. The van der Waals surface area contributed by atoms with Gasteiger partial charge in [-0.25, -0.2) is 4.72 Å². The molecular formula is C13H23N3O2S. The first-order valence-electron chi connectivity index (χ1n) is 6.44. The highest BCUT2D eigenvalue weighted by atomic mass is 32.2. The molecule has 0 aromatic heterocycles. The molecular weight excluding hydrogens is 262 g/mol. The molecule has 0 radical (unpaired) electrons. The van der Waals surface area contributed by atoms with E-state index in [2.05, 4.69) is 4.72 Å². The summed E-state index contributed by atoms with van der Waals surface area (Å²) in [5.41, 5.74) is 7.21. The normalized spacial score (nSPS) is 12.3. The van der Waals surface area contributed by atoms with E-state index in [1.807, 2.05) is 32.9 Å². The van der Waals surface area contributed by atoms with Crippen LogP contribution >= 0.6 is 0 Å². The molecule has 0 aliphatic heterocycles. The molecule has 1 rings (SSSR count). The van der Waals surface area contributed by atoms with Crippen LogP contribution in [0, 0.1) is 5.92 Å². The van der Waals surface area contributed by atoms with Gasteiger partial charge in [-0.2, -0.15) is 12.7 Å². The zero-order valence-corrected chi connectivity index (χ0v) is 12.6. The van der Waals surface area contributed by atoms with Gasteiger partial charge in [-0.05, 0) is 23.6 Å². The lowest BCUT2D eigenvalue weighted by atomic mass is 10.2. The number of anilines is 1. The monoisotopic (exact) mass is 285 g/mol. The maximum absolute atomic E-state index is 12.1. The first-order valence-corrected chi connectivity index (χ1v) is 7.88. The Morgan fingerprint density at radius 3 is 2.32 bits per heavy atom. The molecule has 0 amide bonds. The predicted octanol–water partition coefficient (Wildman–Crippen LogP) is 1.58. The van der Waals surface area contributed by atoms with E-state index in [9.17, 15) is 8.42 Å². The van der Waals surface area contributed by atoms with Crippen molar-refractivity contribution in [3.63, 3.8) is 0 Å². The molecule has 0 saturated carbocycles. The van der Waals surface area contributed by atoms with E-state index in [1.54, 1.807) is 12.1 Å². The lowest BCUT2D eigenvalue weighted by molar-refractivity contribution is 0.410. The summed E-state index contributed by atoms with van der Waals surface area (Å²) in [6, 6.07) is 7.24. The molecule has 0 fully saturated rings. The Hall–Kier alpha value is -1.11. The summed E-state index contributed by atoms with van der Waals surface area (Å²) in [4.78, 5) is 0. The Balaban J connectivity index is 2.74. The van der Waals surface area contributed by atoms with E-state index >= 15 is 0 Å². The first-order chi connectivity index (χ1) is 8.85. The van der Waals surface area contributed by atoms with Crippen LogP contribution in [0.3, 0.4) is 0 Å². The van der Waals surface area contributed by atoms with Gasteiger partial charge in [0, 0.05) is 25.3 Å². The Labute approximate surface area is 116 Å². The minimum atomic E-state index is -3.42. The highest BCUT2D eigenvalue weighted by Crippen LogP contribution is 2.11. The van der Waals surface area contributed by atoms with Crippen molar-refractivity contribution in [3.8, 4) is 0 Å². The van der Waals surface area contributed by atoms with Crippen molar-refractivity contribution < 1.29 is 8.42 Å². The fourth-order valence-electron chi connectivity index (χ4n) is 1.56. The standard InChI is InChI=1S/C13H23N3O2S/c1-4-16(19(17,18)15-9-11(2)3)10-12-5-7-13(14)8-6-12/h5-8,11,15H,4,9-10,14H2,1-3H3. The van der Waals surface area contributed by atoms with Gasteiger partial charge >= 0.3 is 0 Å². The maximum Gasteiger partial charge on any atom is 0.279 e. The van der Waals surface area contributed by atoms with Gasteiger partial charge in [-0.1, -0.05) is 32.9 Å². The molecule has 0 unspecified atom stereocenters. The topological polar surface area (TPSA) is 75.4 Å². The summed E-state index contributed by atoms with van der Waals surface area (Å²) in [5.74, 6) is 0.282. The van der Waals surface area contributed by atoms with Gasteiger partial charge in [0.15, 0.2) is 0 Å². The van der Waals surface area contributed by atoms with Crippen molar-refractivity contribution in [2.24, 2.45) is 5.92 Å². The van der Waals surface area contributed by atoms with E-state index in [4.69, 9.17) is 5.73 Å². The Bertz CT molecular complexity index is 483. The molecule has 0 bridgehead atoms. The third-order valence-electron chi connectivity index (χ3n) is 2.71. The van der Waals surface area contributed by atoms with Crippen LogP contribution < -0.4 is 10.5 Å². The second-order valence-electron chi connectivity index (χ2n) is 4.92. The van der Waals surface area contributed by atoms with Crippen LogP contribution in [-0.4, -0.2) is 25.8 Å². The minimum absolute atomic E-state index is 0.282. The van der Waals surface area contributed by atoms with Crippen LogP contribution in [0.2, 0.25) is 0 Å². The lowest BCUT2D eigenvalue weighted by Gasteiger charge is -2.21. The van der Waals surface area contributed by atoms with Crippen LogP contribution in [0.4, 0.5) is 5.69 Å². The van der Waals surface area contributed by atoms with E-state index in [1.165, 1.54) is 4.31 Å². The fourth-order valence-corrected chi connectivity index (χ4v) is 2.94. The number of benzene rings is 1. The van der Waals surface area contributed by atoms with E-state index in [0.29, 0.717) is 25.3 Å². The summed E-state index contributed by atoms with van der Waals surface area (Å²) in [6.45, 7) is 6.99. The van der Waals surface area contributed by atoms with Crippen molar-refractivity contribution in [2.75, 3.05) is 18.8 Å². The molecule has 108 valence electrons. The second-order valence-corrected chi connectivity index (χ2v) is 6.67. The first kappa shape index (κ1) is 15.9. The summed E-state index contributed by atoms with van der Waals surface area (Å²) < 4.78 is 28.3. The minimum Gasteiger partial charge on any atom is -0.399 e. The highest BCUT2D eigenvalue weighted by molar-refractivity contribution is 7.87. The molecule has 1 aromatic rings. The molecule has 0 spiro atoms. The maximum atomic E-state index is 12.1. The number of nitrogen functional groups attached to an aromatic ring is 1. The smallest absolute Gasteiger partial charge is 0.279 e. The number of nitrogens with two attached hydrogens (primary N) is 1. The van der Waals surface area contributed by atoms with Gasteiger partial charge in [0.2, 0.25) is 0 Å². The molecule has 0 saturated heterocycles. The second kappa shape index (κ2) is 6.88.